The zero-order valence-corrected chi connectivity index (χ0v) is 19.9. The van der Waals surface area contributed by atoms with Gasteiger partial charge >= 0.3 is 0 Å². The van der Waals surface area contributed by atoms with E-state index in [1.807, 2.05) is 66.7 Å². The molecule has 5 rings (SSSR count). The fourth-order valence-corrected chi connectivity index (χ4v) is 4.01. The molecule has 182 valence electrons. The molecule has 1 amide bonds. The van der Waals surface area contributed by atoms with Crippen molar-refractivity contribution < 1.29 is 23.2 Å². The zero-order chi connectivity index (χ0) is 24.9. The molecule has 0 saturated heterocycles. The summed E-state index contributed by atoms with van der Waals surface area (Å²) in [6.07, 6.45) is 0.477. The van der Waals surface area contributed by atoms with Gasteiger partial charge in [-0.1, -0.05) is 53.7 Å². The van der Waals surface area contributed by atoms with E-state index in [0.29, 0.717) is 35.4 Å². The van der Waals surface area contributed by atoms with E-state index in [4.69, 9.17) is 18.4 Å². The number of hydrogen-bond donors (Lipinski definition) is 1. The number of nitrogens with one attached hydrogen (secondary N) is 1. The largest absolute Gasteiger partial charge is 0.493 e. The predicted octanol–water partition coefficient (Wildman–Crippen LogP) is 5.34. The lowest BCUT2D eigenvalue weighted by Gasteiger charge is -2.17. The first-order chi connectivity index (χ1) is 17.6. The number of methoxy groups -OCH3 is 2. The van der Waals surface area contributed by atoms with Gasteiger partial charge < -0.3 is 23.7 Å². The molecule has 0 aliphatic rings. The molecule has 0 radical (unpaired) electrons. The molecule has 5 aromatic rings. The number of aromatic nitrogens is 2. The maximum atomic E-state index is 12.9. The molecule has 36 heavy (non-hydrogen) atoms. The minimum atomic E-state index is -0.420. The number of nitrogens with zero attached hydrogens (tertiary/aromatic N) is 2. The van der Waals surface area contributed by atoms with E-state index in [0.717, 1.165) is 22.1 Å². The number of rotatable bonds is 9. The number of amides is 1. The van der Waals surface area contributed by atoms with Crippen molar-refractivity contribution in [3.63, 3.8) is 0 Å². The summed E-state index contributed by atoms with van der Waals surface area (Å²) in [6, 6.07) is 24.4. The van der Waals surface area contributed by atoms with Gasteiger partial charge in [-0.2, -0.15) is 4.98 Å². The monoisotopic (exact) mass is 483 g/mol. The van der Waals surface area contributed by atoms with Crippen LogP contribution in [0.2, 0.25) is 0 Å². The van der Waals surface area contributed by atoms with Gasteiger partial charge in [0.1, 0.15) is 17.4 Å². The zero-order valence-electron chi connectivity index (χ0n) is 19.9. The average molecular weight is 484 g/mol. The summed E-state index contributed by atoms with van der Waals surface area (Å²) in [5, 5.41) is 8.12. The lowest BCUT2D eigenvalue weighted by Crippen LogP contribution is -2.29. The van der Waals surface area contributed by atoms with Gasteiger partial charge in [0.15, 0.2) is 11.5 Å². The van der Waals surface area contributed by atoms with E-state index in [-0.39, 0.29) is 12.3 Å². The number of hydrogen-bond acceptors (Lipinski definition) is 7. The molecule has 8 nitrogen and oxygen atoms in total. The van der Waals surface area contributed by atoms with Crippen LogP contribution in [-0.4, -0.2) is 30.3 Å². The molecule has 8 heteroatoms. The highest BCUT2D eigenvalue weighted by molar-refractivity contribution is 5.80. The number of para-hydroxylation sites is 1. The molecule has 1 unspecified atom stereocenters. The van der Waals surface area contributed by atoms with Crippen LogP contribution in [0.4, 0.5) is 0 Å². The van der Waals surface area contributed by atoms with Crippen LogP contribution in [0, 0.1) is 0 Å². The molecule has 0 aliphatic carbocycles. The second-order valence-corrected chi connectivity index (χ2v) is 8.18. The summed E-state index contributed by atoms with van der Waals surface area (Å²) < 4.78 is 22.1. The highest BCUT2D eigenvalue weighted by Crippen LogP contribution is 2.31. The predicted molar refractivity (Wildman–Crippen MR) is 134 cm³/mol. The van der Waals surface area contributed by atoms with Crippen LogP contribution in [0.5, 0.6) is 11.5 Å². The lowest BCUT2D eigenvalue weighted by molar-refractivity contribution is -0.121. The van der Waals surface area contributed by atoms with Crippen LogP contribution in [0.15, 0.2) is 87.8 Å². The Morgan fingerprint density at radius 3 is 2.50 bits per heavy atom. The van der Waals surface area contributed by atoms with E-state index < -0.39 is 6.04 Å². The summed E-state index contributed by atoms with van der Waals surface area (Å²) in [7, 11) is 3.14. The van der Waals surface area contributed by atoms with Crippen LogP contribution in [-0.2, 0) is 11.2 Å². The third-order valence-electron chi connectivity index (χ3n) is 5.84. The molecule has 0 fully saturated rings. The van der Waals surface area contributed by atoms with Gasteiger partial charge in [0.25, 0.3) is 0 Å². The molecule has 1 N–H and O–H groups in total. The van der Waals surface area contributed by atoms with Crippen LogP contribution < -0.4 is 14.8 Å². The van der Waals surface area contributed by atoms with Crippen molar-refractivity contribution in [3.05, 3.63) is 96.1 Å². The summed E-state index contributed by atoms with van der Waals surface area (Å²) in [6.45, 7) is 0. The first kappa shape index (κ1) is 23.2. The maximum absolute atomic E-state index is 12.9. The third kappa shape index (κ3) is 4.93. The van der Waals surface area contributed by atoms with E-state index in [2.05, 4.69) is 15.5 Å². The molecular formula is C28H25N3O5. The van der Waals surface area contributed by atoms with Crippen molar-refractivity contribution in [2.75, 3.05) is 14.2 Å². The highest BCUT2D eigenvalue weighted by atomic mass is 16.5. The SMILES string of the molecule is COc1ccc(-c2noc(CCC(=O)NC(c3ccccc3)c3cc4ccccc4o3)n2)cc1OC. The molecule has 3 aromatic carbocycles. The molecular weight excluding hydrogens is 458 g/mol. The van der Waals surface area contributed by atoms with Crippen LogP contribution in [0.3, 0.4) is 0 Å². The summed E-state index contributed by atoms with van der Waals surface area (Å²) in [5.74, 6) is 2.47. The van der Waals surface area contributed by atoms with Gasteiger partial charge in [-0.05, 0) is 35.9 Å². The Kier molecular flexibility index (Phi) is 6.66. The minimum absolute atomic E-state index is 0.157. The van der Waals surface area contributed by atoms with Gasteiger partial charge in [0.2, 0.25) is 17.6 Å². The first-order valence-electron chi connectivity index (χ1n) is 11.5. The van der Waals surface area contributed by atoms with Crippen molar-refractivity contribution in [1.82, 2.24) is 15.5 Å². The van der Waals surface area contributed by atoms with Gasteiger partial charge in [-0.25, -0.2) is 0 Å². The number of fused-ring (bicyclic) bond motifs is 1. The second-order valence-electron chi connectivity index (χ2n) is 8.18. The van der Waals surface area contributed by atoms with Crippen LogP contribution in [0.1, 0.15) is 29.7 Å². The number of carbonyl (C=O) groups excluding carboxylic acids is 1. The van der Waals surface area contributed by atoms with Crippen molar-refractivity contribution in [1.29, 1.82) is 0 Å². The van der Waals surface area contributed by atoms with Crippen molar-refractivity contribution >= 4 is 16.9 Å². The molecule has 2 heterocycles. The minimum Gasteiger partial charge on any atom is -0.493 e. The standard InChI is InChI=1S/C28H25N3O5/c1-33-22-13-12-20(17-23(22)34-2)28-30-26(36-31-28)15-14-25(32)29-27(18-8-4-3-5-9-18)24-16-19-10-6-7-11-21(19)35-24/h3-13,16-17,27H,14-15H2,1-2H3,(H,29,32). The van der Waals surface area contributed by atoms with E-state index in [1.54, 1.807) is 26.4 Å². The van der Waals surface area contributed by atoms with Gasteiger partial charge in [0.05, 0.1) is 14.2 Å². The molecule has 2 aromatic heterocycles. The number of carbonyl (C=O) groups is 1. The quantitative estimate of drug-likeness (QED) is 0.302. The summed E-state index contributed by atoms with van der Waals surface area (Å²) in [5.41, 5.74) is 2.43. The first-order valence-corrected chi connectivity index (χ1v) is 11.5. The fraction of sp³-hybridized carbons (Fsp3) is 0.179. The Hall–Kier alpha value is -4.59. The highest BCUT2D eigenvalue weighted by Gasteiger charge is 2.21. The normalized spacial score (nSPS) is 11.8. The van der Waals surface area contributed by atoms with Crippen molar-refractivity contribution in [3.8, 4) is 22.9 Å². The maximum Gasteiger partial charge on any atom is 0.227 e. The topological polar surface area (TPSA) is 99.6 Å². The number of benzene rings is 3. The Balaban J connectivity index is 1.29. The number of ether oxygens (including phenoxy) is 2. The lowest BCUT2D eigenvalue weighted by atomic mass is 10.0. The van der Waals surface area contributed by atoms with E-state index in [9.17, 15) is 4.79 Å². The van der Waals surface area contributed by atoms with Crippen LogP contribution in [0.25, 0.3) is 22.4 Å². The van der Waals surface area contributed by atoms with Crippen molar-refractivity contribution in [2.24, 2.45) is 0 Å². The van der Waals surface area contributed by atoms with E-state index in [1.165, 1.54) is 0 Å². The Labute approximate surface area is 207 Å². The average Bonchev–Trinajstić information content (AvgIpc) is 3.58. The van der Waals surface area contributed by atoms with Crippen LogP contribution >= 0.6 is 0 Å². The molecule has 0 saturated carbocycles. The van der Waals surface area contributed by atoms with Gasteiger partial charge in [-0.3, -0.25) is 4.79 Å². The second kappa shape index (κ2) is 10.4. The molecule has 0 aliphatic heterocycles. The Bertz CT molecular complexity index is 1440. The Morgan fingerprint density at radius 1 is 0.944 bits per heavy atom. The number of furan rings is 1. The summed E-state index contributed by atoms with van der Waals surface area (Å²) in [4.78, 5) is 17.4. The van der Waals surface area contributed by atoms with Gasteiger partial charge in [0, 0.05) is 23.8 Å². The fourth-order valence-electron chi connectivity index (χ4n) is 4.01. The van der Waals surface area contributed by atoms with Gasteiger partial charge in [-0.15, -0.1) is 0 Å². The molecule has 1 atom stereocenters. The molecule has 0 bridgehead atoms. The Morgan fingerprint density at radius 2 is 1.72 bits per heavy atom. The van der Waals surface area contributed by atoms with Crippen molar-refractivity contribution in [2.45, 2.75) is 18.9 Å². The third-order valence-corrected chi connectivity index (χ3v) is 5.84. The molecule has 0 spiro atoms. The summed E-state index contributed by atoms with van der Waals surface area (Å²) >= 11 is 0. The number of aryl methyl sites for hydroxylation is 1. The smallest absolute Gasteiger partial charge is 0.227 e. The van der Waals surface area contributed by atoms with E-state index >= 15 is 0 Å².